The molecule has 1 heterocycles. The topological polar surface area (TPSA) is 68.2 Å². The molecule has 5 heteroatoms. The normalized spacial score (nSPS) is 20.2. The standard InChI is InChI=1S/C20H27N5/c1-4-22-20-19(24-13-25(20)18-10-5-14(2)11-18)15(3)23-12-16-6-8-17(21)9-7-16/h4,6-9,13-14,18,23H,3,5,10-12,21H2,1-2H3/b22-4-. The summed E-state index contributed by atoms with van der Waals surface area (Å²) in [6.45, 7) is 9.10. The number of aliphatic imine (C=N–C) groups is 1. The summed E-state index contributed by atoms with van der Waals surface area (Å²) in [5.74, 6) is 1.66. The van der Waals surface area contributed by atoms with Crippen molar-refractivity contribution in [3.8, 4) is 0 Å². The Morgan fingerprint density at radius 2 is 2.16 bits per heavy atom. The van der Waals surface area contributed by atoms with Gasteiger partial charge >= 0.3 is 0 Å². The van der Waals surface area contributed by atoms with E-state index < -0.39 is 0 Å². The Kier molecular flexibility index (Phi) is 5.22. The first kappa shape index (κ1) is 17.3. The molecular weight excluding hydrogens is 310 g/mol. The Balaban J connectivity index is 1.75. The van der Waals surface area contributed by atoms with Gasteiger partial charge in [-0.05, 0) is 49.8 Å². The van der Waals surface area contributed by atoms with Gasteiger partial charge in [0.1, 0.15) is 5.69 Å². The van der Waals surface area contributed by atoms with Crippen LogP contribution in [0.15, 0.2) is 42.2 Å². The number of hydrogen-bond donors (Lipinski definition) is 2. The van der Waals surface area contributed by atoms with Crippen LogP contribution in [0, 0.1) is 5.92 Å². The molecule has 0 spiro atoms. The molecule has 1 aromatic heterocycles. The van der Waals surface area contributed by atoms with Crippen molar-refractivity contribution in [3.63, 3.8) is 0 Å². The van der Waals surface area contributed by atoms with E-state index in [1.807, 2.05) is 43.7 Å². The Morgan fingerprint density at radius 1 is 1.40 bits per heavy atom. The molecule has 2 aromatic rings. The third-order valence-electron chi connectivity index (χ3n) is 4.85. The Bertz CT molecular complexity index is 757. The summed E-state index contributed by atoms with van der Waals surface area (Å²) < 4.78 is 2.22. The fraction of sp³-hybridized carbons (Fsp3) is 0.400. The molecule has 0 bridgehead atoms. The second kappa shape index (κ2) is 7.55. The average Bonchev–Trinajstić information content (AvgIpc) is 3.21. The van der Waals surface area contributed by atoms with Gasteiger partial charge in [-0.3, -0.25) is 0 Å². The summed E-state index contributed by atoms with van der Waals surface area (Å²) in [4.78, 5) is 9.18. The highest BCUT2D eigenvalue weighted by molar-refractivity contribution is 5.71. The van der Waals surface area contributed by atoms with Crippen LogP contribution in [0.25, 0.3) is 5.70 Å². The molecule has 1 saturated carbocycles. The van der Waals surface area contributed by atoms with Crippen molar-refractivity contribution in [2.24, 2.45) is 10.9 Å². The van der Waals surface area contributed by atoms with Crippen LogP contribution in [0.1, 0.15) is 50.4 Å². The molecule has 1 aromatic carbocycles. The lowest BCUT2D eigenvalue weighted by Crippen LogP contribution is -2.11. The van der Waals surface area contributed by atoms with Crippen molar-refractivity contribution in [3.05, 3.63) is 48.4 Å². The lowest BCUT2D eigenvalue weighted by Gasteiger charge is -2.15. The lowest BCUT2D eigenvalue weighted by atomic mass is 10.1. The number of rotatable bonds is 6. The zero-order valence-corrected chi connectivity index (χ0v) is 15.1. The van der Waals surface area contributed by atoms with Crippen molar-refractivity contribution in [2.45, 2.75) is 45.7 Å². The maximum atomic E-state index is 5.73. The SMILES string of the molecule is C=C(NCc1ccc(N)cc1)c1ncn(C2CCC(C)C2)c1/N=C\C. The third-order valence-corrected chi connectivity index (χ3v) is 4.85. The average molecular weight is 337 g/mol. The molecule has 132 valence electrons. The van der Waals surface area contributed by atoms with Crippen molar-refractivity contribution in [1.82, 2.24) is 14.9 Å². The molecule has 0 aliphatic heterocycles. The van der Waals surface area contributed by atoms with Gasteiger partial charge in [0, 0.05) is 24.5 Å². The van der Waals surface area contributed by atoms with E-state index in [-0.39, 0.29) is 0 Å². The molecule has 5 nitrogen and oxygen atoms in total. The molecule has 1 aliphatic carbocycles. The monoisotopic (exact) mass is 337 g/mol. The van der Waals surface area contributed by atoms with E-state index in [1.165, 1.54) is 19.3 Å². The zero-order chi connectivity index (χ0) is 17.8. The molecule has 2 atom stereocenters. The van der Waals surface area contributed by atoms with Gasteiger partial charge < -0.3 is 15.6 Å². The molecule has 3 rings (SSSR count). The molecule has 0 amide bonds. The minimum Gasteiger partial charge on any atom is -0.399 e. The predicted molar refractivity (Wildman–Crippen MR) is 105 cm³/mol. The van der Waals surface area contributed by atoms with Crippen molar-refractivity contribution >= 4 is 23.4 Å². The first-order chi connectivity index (χ1) is 12.1. The third kappa shape index (κ3) is 3.92. The molecule has 2 unspecified atom stereocenters. The highest BCUT2D eigenvalue weighted by Crippen LogP contribution is 2.38. The van der Waals surface area contributed by atoms with Crippen LogP contribution in [-0.2, 0) is 6.54 Å². The Labute approximate surface area is 149 Å². The Morgan fingerprint density at radius 3 is 2.80 bits per heavy atom. The van der Waals surface area contributed by atoms with Gasteiger partial charge in [0.05, 0.1) is 12.0 Å². The quantitative estimate of drug-likeness (QED) is 0.609. The van der Waals surface area contributed by atoms with E-state index in [2.05, 4.69) is 33.4 Å². The summed E-state index contributed by atoms with van der Waals surface area (Å²) in [5, 5.41) is 3.36. The van der Waals surface area contributed by atoms with E-state index >= 15 is 0 Å². The fourth-order valence-corrected chi connectivity index (χ4v) is 3.44. The van der Waals surface area contributed by atoms with Gasteiger partial charge in [0.2, 0.25) is 0 Å². The van der Waals surface area contributed by atoms with E-state index in [0.29, 0.717) is 12.6 Å². The van der Waals surface area contributed by atoms with Gasteiger partial charge in [-0.2, -0.15) is 0 Å². The van der Waals surface area contributed by atoms with E-state index in [9.17, 15) is 0 Å². The van der Waals surface area contributed by atoms with Crippen molar-refractivity contribution < 1.29 is 0 Å². The zero-order valence-electron chi connectivity index (χ0n) is 15.1. The highest BCUT2D eigenvalue weighted by Gasteiger charge is 2.26. The fourth-order valence-electron chi connectivity index (χ4n) is 3.44. The number of anilines is 1. The van der Waals surface area contributed by atoms with Crippen LogP contribution < -0.4 is 11.1 Å². The largest absolute Gasteiger partial charge is 0.399 e. The molecule has 0 radical (unpaired) electrons. The maximum absolute atomic E-state index is 5.73. The summed E-state index contributed by atoms with van der Waals surface area (Å²) in [5.41, 5.74) is 9.28. The first-order valence-corrected chi connectivity index (χ1v) is 8.91. The van der Waals surface area contributed by atoms with E-state index in [0.717, 1.165) is 34.4 Å². The number of nitrogens with two attached hydrogens (primary N) is 1. The highest BCUT2D eigenvalue weighted by atomic mass is 15.2. The minimum absolute atomic E-state index is 0.486. The van der Waals surface area contributed by atoms with Gasteiger partial charge in [-0.25, -0.2) is 9.98 Å². The summed E-state index contributed by atoms with van der Waals surface area (Å²) in [6, 6.07) is 8.32. The second-order valence-electron chi connectivity index (χ2n) is 6.86. The van der Waals surface area contributed by atoms with E-state index in [1.54, 1.807) is 0 Å². The van der Waals surface area contributed by atoms with Gasteiger partial charge in [-0.15, -0.1) is 0 Å². The number of imidazole rings is 1. The molecule has 1 fully saturated rings. The predicted octanol–water partition coefficient (Wildman–Crippen LogP) is 4.31. The first-order valence-electron chi connectivity index (χ1n) is 8.91. The number of nitrogens with zero attached hydrogens (tertiary/aromatic N) is 3. The van der Waals surface area contributed by atoms with Crippen LogP contribution in [0.5, 0.6) is 0 Å². The molecule has 0 saturated heterocycles. The van der Waals surface area contributed by atoms with Crippen LogP contribution >= 0.6 is 0 Å². The molecular formula is C20H27N5. The smallest absolute Gasteiger partial charge is 0.161 e. The number of aromatic nitrogens is 2. The second-order valence-corrected chi connectivity index (χ2v) is 6.86. The maximum Gasteiger partial charge on any atom is 0.161 e. The number of benzene rings is 1. The van der Waals surface area contributed by atoms with Crippen LogP contribution in [0.2, 0.25) is 0 Å². The molecule has 3 N–H and O–H groups in total. The Hall–Kier alpha value is -2.56. The number of nitrogens with one attached hydrogen (secondary N) is 1. The summed E-state index contributed by atoms with van der Waals surface area (Å²) in [7, 11) is 0. The minimum atomic E-state index is 0.486. The van der Waals surface area contributed by atoms with Gasteiger partial charge in [0.25, 0.3) is 0 Å². The molecule has 25 heavy (non-hydrogen) atoms. The molecule has 1 aliphatic rings. The lowest BCUT2D eigenvalue weighted by molar-refractivity contribution is 0.496. The summed E-state index contributed by atoms with van der Waals surface area (Å²) >= 11 is 0. The van der Waals surface area contributed by atoms with Crippen molar-refractivity contribution in [2.75, 3.05) is 5.73 Å². The van der Waals surface area contributed by atoms with Gasteiger partial charge in [0.15, 0.2) is 5.82 Å². The van der Waals surface area contributed by atoms with E-state index in [4.69, 9.17) is 5.73 Å². The van der Waals surface area contributed by atoms with Crippen LogP contribution in [0.3, 0.4) is 0 Å². The summed E-state index contributed by atoms with van der Waals surface area (Å²) in [6.07, 6.45) is 7.38. The number of nitrogen functional groups attached to an aromatic ring is 1. The number of hydrogen-bond acceptors (Lipinski definition) is 4. The van der Waals surface area contributed by atoms with Crippen LogP contribution in [0.4, 0.5) is 11.5 Å². The van der Waals surface area contributed by atoms with Crippen LogP contribution in [-0.4, -0.2) is 15.8 Å². The van der Waals surface area contributed by atoms with Crippen molar-refractivity contribution in [1.29, 1.82) is 0 Å². The van der Waals surface area contributed by atoms with Gasteiger partial charge in [-0.1, -0.05) is 25.6 Å².